The van der Waals surface area contributed by atoms with E-state index in [0.29, 0.717) is 5.56 Å². The fourth-order valence-corrected chi connectivity index (χ4v) is 1.58. The van der Waals surface area contributed by atoms with E-state index in [9.17, 15) is 18.7 Å². The predicted octanol–water partition coefficient (Wildman–Crippen LogP) is 1.93. The molecular formula is C12H14F2O4. The smallest absolute Gasteiger partial charge is 0.378 e. The number of benzene rings is 1. The summed E-state index contributed by atoms with van der Waals surface area (Å²) in [5.74, 6) is -6.71. The molecule has 6 heteroatoms. The minimum atomic E-state index is -4.33. The number of hydrogen-bond acceptors (Lipinski definition) is 3. The van der Waals surface area contributed by atoms with Crippen LogP contribution in [0, 0.1) is 6.92 Å². The highest BCUT2D eigenvalue weighted by Crippen LogP contribution is 2.41. The van der Waals surface area contributed by atoms with Gasteiger partial charge in [0.15, 0.2) is 5.60 Å². The van der Waals surface area contributed by atoms with Gasteiger partial charge in [-0.2, -0.15) is 8.78 Å². The van der Waals surface area contributed by atoms with Crippen LogP contribution < -0.4 is 4.74 Å². The second kappa shape index (κ2) is 4.53. The molecular weight excluding hydrogens is 246 g/mol. The van der Waals surface area contributed by atoms with E-state index in [1.54, 1.807) is 13.0 Å². The van der Waals surface area contributed by atoms with Crippen LogP contribution in [0.4, 0.5) is 8.78 Å². The molecule has 0 spiro atoms. The lowest BCUT2D eigenvalue weighted by Crippen LogP contribution is -2.49. The minimum Gasteiger partial charge on any atom is -0.496 e. The summed E-state index contributed by atoms with van der Waals surface area (Å²) in [5.41, 5.74) is -2.53. The highest BCUT2D eigenvalue weighted by Gasteiger charge is 2.58. The molecule has 0 radical (unpaired) electrons. The minimum absolute atomic E-state index is 0.00604. The molecule has 0 aliphatic carbocycles. The summed E-state index contributed by atoms with van der Waals surface area (Å²) in [5, 5.41) is 18.4. The molecule has 0 saturated heterocycles. The van der Waals surface area contributed by atoms with E-state index in [1.165, 1.54) is 19.2 Å². The molecule has 0 aromatic heterocycles. The third-order valence-electron chi connectivity index (χ3n) is 2.76. The van der Waals surface area contributed by atoms with Crippen molar-refractivity contribution in [1.29, 1.82) is 0 Å². The van der Waals surface area contributed by atoms with Gasteiger partial charge in [-0.25, -0.2) is 4.79 Å². The summed E-state index contributed by atoms with van der Waals surface area (Å²) in [6.45, 7) is 2.39. The molecule has 1 aromatic carbocycles. The maximum absolute atomic E-state index is 13.6. The van der Waals surface area contributed by atoms with Crippen LogP contribution in [0.1, 0.15) is 18.1 Å². The van der Waals surface area contributed by atoms with Crippen molar-refractivity contribution >= 4 is 5.97 Å². The molecule has 0 aliphatic heterocycles. The first-order chi connectivity index (χ1) is 8.14. The number of alkyl halides is 2. The van der Waals surface area contributed by atoms with E-state index in [-0.39, 0.29) is 11.3 Å². The van der Waals surface area contributed by atoms with Crippen molar-refractivity contribution in [3.05, 3.63) is 29.3 Å². The number of ether oxygens (including phenoxy) is 1. The van der Waals surface area contributed by atoms with Crippen molar-refractivity contribution in [2.24, 2.45) is 0 Å². The molecule has 4 nitrogen and oxygen atoms in total. The molecule has 1 unspecified atom stereocenters. The number of halogens is 2. The van der Waals surface area contributed by atoms with Crippen LogP contribution in [0.5, 0.6) is 5.75 Å². The number of carboxylic acid groups (broad SMARTS) is 1. The zero-order chi connectivity index (χ0) is 14.1. The Morgan fingerprint density at radius 2 is 1.94 bits per heavy atom. The number of rotatable bonds is 4. The molecule has 0 fully saturated rings. The number of aliphatic carboxylic acids is 1. The molecule has 2 N–H and O–H groups in total. The fraction of sp³-hybridized carbons (Fsp3) is 0.417. The van der Waals surface area contributed by atoms with Crippen molar-refractivity contribution in [1.82, 2.24) is 0 Å². The van der Waals surface area contributed by atoms with Crippen LogP contribution in [0.25, 0.3) is 0 Å². The zero-order valence-corrected chi connectivity index (χ0v) is 10.2. The molecule has 1 rings (SSSR count). The maximum atomic E-state index is 13.6. The van der Waals surface area contributed by atoms with Crippen LogP contribution in [0.3, 0.4) is 0 Å². The van der Waals surface area contributed by atoms with Crippen LogP contribution in [0.2, 0.25) is 0 Å². The number of methoxy groups -OCH3 is 1. The first-order valence-electron chi connectivity index (χ1n) is 5.13. The predicted molar refractivity (Wildman–Crippen MR) is 59.9 cm³/mol. The summed E-state index contributed by atoms with van der Waals surface area (Å²) < 4.78 is 32.0. The Morgan fingerprint density at radius 1 is 1.39 bits per heavy atom. The molecule has 0 saturated carbocycles. The largest absolute Gasteiger partial charge is 0.496 e. The topological polar surface area (TPSA) is 66.8 Å². The number of carboxylic acids is 1. The number of aliphatic hydroxyl groups is 1. The second-order valence-electron chi connectivity index (χ2n) is 4.16. The summed E-state index contributed by atoms with van der Waals surface area (Å²) >= 11 is 0. The zero-order valence-electron chi connectivity index (χ0n) is 10.2. The second-order valence-corrected chi connectivity index (χ2v) is 4.16. The van der Waals surface area contributed by atoms with Crippen LogP contribution >= 0.6 is 0 Å². The molecule has 1 aromatic rings. The van der Waals surface area contributed by atoms with Gasteiger partial charge >= 0.3 is 11.9 Å². The lowest BCUT2D eigenvalue weighted by Gasteiger charge is -2.31. The monoisotopic (exact) mass is 260 g/mol. The Bertz CT molecular complexity index is 469. The van der Waals surface area contributed by atoms with Gasteiger partial charge in [-0.05, 0) is 26.0 Å². The van der Waals surface area contributed by atoms with Gasteiger partial charge in [-0.1, -0.05) is 11.6 Å². The quantitative estimate of drug-likeness (QED) is 0.868. The molecule has 0 heterocycles. The average Bonchev–Trinajstić information content (AvgIpc) is 2.28. The van der Waals surface area contributed by atoms with Gasteiger partial charge in [-0.15, -0.1) is 0 Å². The lowest BCUT2D eigenvalue weighted by molar-refractivity contribution is -0.207. The van der Waals surface area contributed by atoms with Crippen molar-refractivity contribution < 1.29 is 28.5 Å². The van der Waals surface area contributed by atoms with Crippen LogP contribution in [-0.4, -0.2) is 29.2 Å². The van der Waals surface area contributed by atoms with Crippen molar-refractivity contribution in [2.75, 3.05) is 7.11 Å². The number of aryl methyl sites for hydroxylation is 1. The van der Waals surface area contributed by atoms with E-state index >= 15 is 0 Å². The molecule has 0 bridgehead atoms. The van der Waals surface area contributed by atoms with Gasteiger partial charge < -0.3 is 14.9 Å². The van der Waals surface area contributed by atoms with E-state index in [4.69, 9.17) is 9.84 Å². The normalized spacial score (nSPS) is 15.0. The molecule has 0 aliphatic rings. The van der Waals surface area contributed by atoms with E-state index in [1.807, 2.05) is 0 Å². The molecule has 18 heavy (non-hydrogen) atoms. The third kappa shape index (κ3) is 2.15. The highest BCUT2D eigenvalue weighted by molar-refractivity contribution is 5.77. The van der Waals surface area contributed by atoms with Gasteiger partial charge in [0.25, 0.3) is 0 Å². The SMILES string of the molecule is COc1ccc(C)cc1C(C)(O)C(F)(F)C(=O)O. The number of carbonyl (C=O) groups is 1. The molecule has 0 amide bonds. The highest BCUT2D eigenvalue weighted by atomic mass is 19.3. The first-order valence-corrected chi connectivity index (χ1v) is 5.13. The summed E-state index contributed by atoms with van der Waals surface area (Å²) in [6, 6.07) is 4.28. The van der Waals surface area contributed by atoms with Gasteiger partial charge in [0.1, 0.15) is 5.75 Å². The Labute approximate surface area is 103 Å². The van der Waals surface area contributed by atoms with Gasteiger partial charge in [0, 0.05) is 5.56 Å². The number of hydrogen-bond donors (Lipinski definition) is 2. The van der Waals surface area contributed by atoms with E-state index in [2.05, 4.69) is 0 Å². The van der Waals surface area contributed by atoms with Crippen molar-refractivity contribution in [2.45, 2.75) is 25.4 Å². The fourth-order valence-electron chi connectivity index (χ4n) is 1.58. The standard InChI is InChI=1S/C12H14F2O4/c1-7-4-5-9(18-3)8(6-7)11(2,17)12(13,14)10(15)16/h4-6,17H,1-3H3,(H,15,16). The molecule has 1 atom stereocenters. The Hall–Kier alpha value is -1.69. The molecule has 100 valence electrons. The lowest BCUT2D eigenvalue weighted by atomic mass is 9.87. The Kier molecular flexibility index (Phi) is 3.62. The average molecular weight is 260 g/mol. The Morgan fingerprint density at radius 3 is 2.39 bits per heavy atom. The van der Waals surface area contributed by atoms with E-state index < -0.39 is 17.5 Å². The summed E-state index contributed by atoms with van der Waals surface area (Å²) in [4.78, 5) is 10.6. The van der Waals surface area contributed by atoms with Crippen molar-refractivity contribution in [3.63, 3.8) is 0 Å². The van der Waals surface area contributed by atoms with Crippen molar-refractivity contribution in [3.8, 4) is 5.75 Å². The third-order valence-corrected chi connectivity index (χ3v) is 2.76. The summed E-state index contributed by atoms with van der Waals surface area (Å²) in [6.07, 6.45) is 0. The summed E-state index contributed by atoms with van der Waals surface area (Å²) in [7, 11) is 1.25. The van der Waals surface area contributed by atoms with Crippen LogP contribution in [-0.2, 0) is 10.4 Å². The first kappa shape index (κ1) is 14.4. The van der Waals surface area contributed by atoms with E-state index in [0.717, 1.165) is 6.92 Å². The van der Waals surface area contributed by atoms with Gasteiger partial charge in [-0.3, -0.25) is 0 Å². The van der Waals surface area contributed by atoms with Gasteiger partial charge in [0.05, 0.1) is 7.11 Å². The van der Waals surface area contributed by atoms with Gasteiger partial charge in [0.2, 0.25) is 0 Å². The Balaban J connectivity index is 3.44. The maximum Gasteiger partial charge on any atom is 0.378 e. The van der Waals surface area contributed by atoms with Crippen LogP contribution in [0.15, 0.2) is 18.2 Å².